The number of β-amino-alcohol motifs (C(OH)–C–C–N with tert-alkyl or cyclic N) is 1. The molecular weight excluding hydrogens is 482 g/mol. The van der Waals surface area contributed by atoms with Crippen LogP contribution in [0.5, 0.6) is 0 Å². The van der Waals surface area contributed by atoms with Crippen LogP contribution in [0.25, 0.3) is 0 Å². The molecule has 2 aliphatic rings. The molecule has 16 heteroatoms. The molecule has 2 aliphatic heterocycles. The lowest BCUT2D eigenvalue weighted by Crippen LogP contribution is -2.48. The summed E-state index contributed by atoms with van der Waals surface area (Å²) >= 11 is 0. The van der Waals surface area contributed by atoms with Crippen LogP contribution < -0.4 is 5.32 Å². The van der Waals surface area contributed by atoms with E-state index < -0.39 is 24.3 Å². The first-order valence-electron chi connectivity index (χ1n) is 9.79. The van der Waals surface area contributed by atoms with Crippen LogP contribution >= 0.6 is 0 Å². The molecule has 2 saturated heterocycles. The molecule has 4 N–H and O–H groups in total. The van der Waals surface area contributed by atoms with Crippen LogP contribution in [0.2, 0.25) is 0 Å². The first kappa shape index (κ1) is 29.3. The van der Waals surface area contributed by atoms with E-state index in [-0.39, 0.29) is 18.2 Å². The number of halogens is 6. The number of nitrogens with one attached hydrogen (secondary N) is 1. The van der Waals surface area contributed by atoms with Crippen LogP contribution in [0.3, 0.4) is 0 Å². The molecule has 0 saturated carbocycles. The summed E-state index contributed by atoms with van der Waals surface area (Å²) in [6, 6.07) is 2.08. The molecule has 0 aromatic carbocycles. The topological polar surface area (TPSA) is 145 Å². The third-order valence-corrected chi connectivity index (χ3v) is 4.63. The third-order valence-electron chi connectivity index (χ3n) is 4.63. The summed E-state index contributed by atoms with van der Waals surface area (Å²) in [5.74, 6) is -4.85. The zero-order valence-corrected chi connectivity index (χ0v) is 17.6. The van der Waals surface area contributed by atoms with Gasteiger partial charge in [-0.3, -0.25) is 4.90 Å². The Morgan fingerprint density at radius 3 is 2.12 bits per heavy atom. The Labute approximate surface area is 189 Å². The highest BCUT2D eigenvalue weighted by Gasteiger charge is 2.43. The standard InChI is InChI=1S/C14H22N4O2.2C2HF3O2/c19-8-7-18-6-1-3-14(11-18)9-12(10-20-14)17-13-15-4-2-5-16-13;2*3-2(4,5)1(6)7/h2,4-5,12,19H,1,3,6-11H2,(H,15,16,17);2*(H,6,7). The highest BCUT2D eigenvalue weighted by atomic mass is 19.4. The maximum absolute atomic E-state index is 10.6. The maximum atomic E-state index is 10.6. The molecule has 2 unspecified atom stereocenters. The monoisotopic (exact) mass is 506 g/mol. The number of aromatic nitrogens is 2. The first-order chi connectivity index (χ1) is 15.7. The predicted octanol–water partition coefficient (Wildman–Crippen LogP) is 1.77. The SMILES string of the molecule is O=C(O)C(F)(F)F.O=C(O)C(F)(F)F.OCCN1CCCC2(CC(Nc3ncccn3)CO2)C1. The smallest absolute Gasteiger partial charge is 0.475 e. The molecule has 2 atom stereocenters. The van der Waals surface area contributed by atoms with E-state index in [0.717, 1.165) is 38.9 Å². The lowest BCUT2D eigenvalue weighted by Gasteiger charge is -2.39. The fourth-order valence-electron chi connectivity index (χ4n) is 3.30. The molecule has 0 amide bonds. The number of carboxylic acid groups (broad SMARTS) is 2. The number of aliphatic hydroxyl groups excluding tert-OH is 1. The minimum atomic E-state index is -5.08. The molecule has 3 rings (SSSR count). The average molecular weight is 506 g/mol. The molecule has 1 aromatic heterocycles. The van der Waals surface area contributed by atoms with Crippen LogP contribution in [-0.2, 0) is 14.3 Å². The lowest BCUT2D eigenvalue weighted by atomic mass is 9.89. The van der Waals surface area contributed by atoms with Crippen molar-refractivity contribution >= 4 is 17.9 Å². The number of anilines is 1. The Kier molecular flexibility index (Phi) is 10.9. The minimum Gasteiger partial charge on any atom is -0.475 e. The first-order valence-corrected chi connectivity index (χ1v) is 9.79. The Morgan fingerprint density at radius 1 is 1.12 bits per heavy atom. The number of carbonyl (C=O) groups is 2. The number of hydrogen-bond acceptors (Lipinski definition) is 8. The normalized spacial score (nSPS) is 22.7. The zero-order valence-electron chi connectivity index (χ0n) is 17.6. The van der Waals surface area contributed by atoms with Crippen molar-refractivity contribution in [3.63, 3.8) is 0 Å². The van der Waals surface area contributed by atoms with Gasteiger partial charge in [-0.25, -0.2) is 19.6 Å². The summed E-state index contributed by atoms with van der Waals surface area (Å²) in [5, 5.41) is 26.7. The van der Waals surface area contributed by atoms with Gasteiger partial charge in [0.2, 0.25) is 5.95 Å². The summed E-state index contributed by atoms with van der Waals surface area (Å²) in [4.78, 5) is 28.5. The van der Waals surface area contributed by atoms with E-state index in [2.05, 4.69) is 20.2 Å². The summed E-state index contributed by atoms with van der Waals surface area (Å²) in [7, 11) is 0. The average Bonchev–Trinajstić information content (AvgIpc) is 3.10. The van der Waals surface area contributed by atoms with Crippen LogP contribution in [-0.4, -0.2) is 99.0 Å². The largest absolute Gasteiger partial charge is 0.490 e. The predicted molar refractivity (Wildman–Crippen MR) is 103 cm³/mol. The van der Waals surface area contributed by atoms with Crippen molar-refractivity contribution in [1.82, 2.24) is 14.9 Å². The number of hydrogen-bond donors (Lipinski definition) is 4. The lowest BCUT2D eigenvalue weighted by molar-refractivity contribution is -0.193. The fraction of sp³-hybridized carbons (Fsp3) is 0.667. The number of likely N-dealkylation sites (tertiary alicyclic amines) is 1. The van der Waals surface area contributed by atoms with Crippen LogP contribution in [0.15, 0.2) is 18.5 Å². The van der Waals surface area contributed by atoms with Gasteiger partial charge in [0.05, 0.1) is 24.9 Å². The Bertz CT molecular complexity index is 756. The van der Waals surface area contributed by atoms with E-state index in [1.54, 1.807) is 12.4 Å². The van der Waals surface area contributed by atoms with E-state index in [0.29, 0.717) is 12.6 Å². The maximum Gasteiger partial charge on any atom is 0.490 e. The molecule has 10 nitrogen and oxygen atoms in total. The van der Waals surface area contributed by atoms with Gasteiger partial charge in [0, 0.05) is 31.9 Å². The third kappa shape index (κ3) is 10.5. The van der Waals surface area contributed by atoms with Crippen LogP contribution in [0, 0.1) is 0 Å². The van der Waals surface area contributed by atoms with Gasteiger partial charge in [0.1, 0.15) is 0 Å². The molecule has 34 heavy (non-hydrogen) atoms. The van der Waals surface area contributed by atoms with Crippen molar-refractivity contribution in [2.75, 3.05) is 38.2 Å². The van der Waals surface area contributed by atoms with Crippen molar-refractivity contribution in [1.29, 1.82) is 0 Å². The number of aliphatic hydroxyl groups is 1. The van der Waals surface area contributed by atoms with Gasteiger partial charge < -0.3 is 25.4 Å². The highest BCUT2D eigenvalue weighted by molar-refractivity contribution is 5.73. The van der Waals surface area contributed by atoms with Crippen molar-refractivity contribution in [2.24, 2.45) is 0 Å². The van der Waals surface area contributed by atoms with Gasteiger partial charge in [-0.15, -0.1) is 0 Å². The molecule has 3 heterocycles. The van der Waals surface area contributed by atoms with Gasteiger partial charge in [-0.2, -0.15) is 26.3 Å². The highest BCUT2D eigenvalue weighted by Crippen LogP contribution is 2.35. The molecular formula is C18H24F6N4O6. The van der Waals surface area contributed by atoms with Crippen LogP contribution in [0.4, 0.5) is 32.3 Å². The summed E-state index contributed by atoms with van der Waals surface area (Å²) in [5.41, 5.74) is -0.0557. The number of aliphatic carboxylic acids is 2. The summed E-state index contributed by atoms with van der Waals surface area (Å²) in [6.07, 6.45) is -3.47. The number of ether oxygens (including phenoxy) is 1. The number of rotatable bonds is 4. The van der Waals surface area contributed by atoms with E-state index in [1.165, 1.54) is 0 Å². The molecule has 1 aromatic rings. The van der Waals surface area contributed by atoms with Gasteiger partial charge in [0.25, 0.3) is 0 Å². The van der Waals surface area contributed by atoms with E-state index in [9.17, 15) is 26.3 Å². The van der Waals surface area contributed by atoms with E-state index >= 15 is 0 Å². The molecule has 1 spiro atoms. The van der Waals surface area contributed by atoms with Gasteiger partial charge in [0.15, 0.2) is 0 Å². The quantitative estimate of drug-likeness (QED) is 0.446. The Morgan fingerprint density at radius 2 is 1.65 bits per heavy atom. The van der Waals surface area contributed by atoms with E-state index in [1.807, 2.05) is 6.07 Å². The molecule has 0 aliphatic carbocycles. The Balaban J connectivity index is 0.000000343. The van der Waals surface area contributed by atoms with Crippen molar-refractivity contribution in [3.8, 4) is 0 Å². The second kappa shape index (κ2) is 12.7. The molecule has 194 valence electrons. The van der Waals surface area contributed by atoms with E-state index in [4.69, 9.17) is 29.6 Å². The molecule has 0 radical (unpaired) electrons. The number of alkyl halides is 6. The molecule has 0 bridgehead atoms. The van der Waals surface area contributed by atoms with Crippen molar-refractivity contribution in [3.05, 3.63) is 18.5 Å². The minimum absolute atomic E-state index is 0.0557. The van der Waals surface area contributed by atoms with Gasteiger partial charge >= 0.3 is 24.3 Å². The van der Waals surface area contributed by atoms with Crippen molar-refractivity contribution in [2.45, 2.75) is 43.3 Å². The second-order valence-corrected chi connectivity index (χ2v) is 7.32. The van der Waals surface area contributed by atoms with Gasteiger partial charge in [-0.05, 0) is 25.5 Å². The zero-order chi connectivity index (χ0) is 26.0. The number of carboxylic acids is 2. The van der Waals surface area contributed by atoms with Crippen molar-refractivity contribution < 1.29 is 56.0 Å². The Hall–Kier alpha value is -2.72. The van der Waals surface area contributed by atoms with Crippen LogP contribution in [0.1, 0.15) is 19.3 Å². The van der Waals surface area contributed by atoms with Gasteiger partial charge in [-0.1, -0.05) is 0 Å². The summed E-state index contributed by atoms with van der Waals surface area (Å²) < 4.78 is 69.6. The second-order valence-electron chi connectivity index (χ2n) is 7.32. The number of nitrogens with zero attached hydrogens (tertiary/aromatic N) is 3. The fourth-order valence-corrected chi connectivity index (χ4v) is 3.30. The number of piperidine rings is 1. The summed E-state index contributed by atoms with van der Waals surface area (Å²) in [6.45, 7) is 3.64. The molecule has 2 fully saturated rings.